The van der Waals surface area contributed by atoms with Crippen LogP contribution in [0.1, 0.15) is 25.1 Å². The van der Waals surface area contributed by atoms with Gasteiger partial charge in [0.1, 0.15) is 5.78 Å². The van der Waals surface area contributed by atoms with E-state index in [2.05, 4.69) is 10.2 Å². The molecular formula is C7H10N2O2. The molecule has 0 aromatic carbocycles. The van der Waals surface area contributed by atoms with E-state index in [0.29, 0.717) is 18.2 Å². The zero-order valence-corrected chi connectivity index (χ0v) is 6.63. The van der Waals surface area contributed by atoms with Gasteiger partial charge in [0, 0.05) is 13.3 Å². The Bertz CT molecular complexity index is 255. The molecule has 11 heavy (non-hydrogen) atoms. The number of nitrogens with zero attached hydrogens (tertiary/aromatic N) is 2. The monoisotopic (exact) mass is 154 g/mol. The lowest BCUT2D eigenvalue weighted by Gasteiger charge is -1.88. The topological polar surface area (TPSA) is 56.0 Å². The molecule has 0 aliphatic heterocycles. The van der Waals surface area contributed by atoms with Gasteiger partial charge in [-0.25, -0.2) is 0 Å². The molecule has 0 saturated carbocycles. The average Bonchev–Trinajstić information content (AvgIpc) is 2.35. The second-order valence-electron chi connectivity index (χ2n) is 2.28. The molecule has 0 saturated heterocycles. The molecule has 0 fully saturated rings. The van der Waals surface area contributed by atoms with Gasteiger partial charge < -0.3 is 4.42 Å². The quantitative estimate of drug-likeness (QED) is 0.649. The minimum atomic E-state index is 0.119. The van der Waals surface area contributed by atoms with Crippen molar-refractivity contribution in [2.45, 2.75) is 26.7 Å². The molecule has 0 aliphatic carbocycles. The molecule has 1 rings (SSSR count). The predicted octanol–water partition coefficient (Wildman–Crippen LogP) is 0.900. The van der Waals surface area contributed by atoms with Crippen molar-refractivity contribution in [2.75, 3.05) is 0 Å². The first-order valence-corrected chi connectivity index (χ1v) is 3.53. The normalized spacial score (nSPS) is 10.0. The van der Waals surface area contributed by atoms with E-state index in [9.17, 15) is 4.79 Å². The zero-order chi connectivity index (χ0) is 8.27. The van der Waals surface area contributed by atoms with E-state index in [0.717, 1.165) is 0 Å². The van der Waals surface area contributed by atoms with Crippen molar-refractivity contribution in [3.8, 4) is 0 Å². The molecule has 0 radical (unpaired) electrons. The Balaban J connectivity index is 2.57. The van der Waals surface area contributed by atoms with Crippen molar-refractivity contribution in [1.29, 1.82) is 0 Å². The van der Waals surface area contributed by atoms with Gasteiger partial charge in [0.15, 0.2) is 0 Å². The van der Waals surface area contributed by atoms with Crippen molar-refractivity contribution < 1.29 is 9.21 Å². The number of rotatable bonds is 3. The summed E-state index contributed by atoms with van der Waals surface area (Å²) < 4.78 is 5.01. The third-order valence-electron chi connectivity index (χ3n) is 1.31. The Morgan fingerprint density at radius 1 is 1.55 bits per heavy atom. The number of aryl methyl sites for hydroxylation is 1. The van der Waals surface area contributed by atoms with Gasteiger partial charge in [-0.1, -0.05) is 6.92 Å². The van der Waals surface area contributed by atoms with E-state index in [1.54, 1.807) is 6.92 Å². The van der Waals surface area contributed by atoms with Crippen LogP contribution in [0.2, 0.25) is 0 Å². The molecule has 4 nitrogen and oxygen atoms in total. The summed E-state index contributed by atoms with van der Waals surface area (Å²) in [7, 11) is 0. The van der Waals surface area contributed by atoms with E-state index < -0.39 is 0 Å². The number of carbonyl (C=O) groups is 1. The van der Waals surface area contributed by atoms with Gasteiger partial charge in [0.2, 0.25) is 11.8 Å². The van der Waals surface area contributed by atoms with E-state index >= 15 is 0 Å². The summed E-state index contributed by atoms with van der Waals surface area (Å²) in [6, 6.07) is 0. The third-order valence-corrected chi connectivity index (χ3v) is 1.31. The molecule has 60 valence electrons. The molecule has 0 spiro atoms. The van der Waals surface area contributed by atoms with Gasteiger partial charge in [0.05, 0.1) is 6.42 Å². The van der Waals surface area contributed by atoms with Crippen LogP contribution in [0.25, 0.3) is 0 Å². The maximum Gasteiger partial charge on any atom is 0.223 e. The SMILES string of the molecule is CCC(=O)Cc1nnc(C)o1. The molecule has 4 heteroatoms. The Morgan fingerprint density at radius 2 is 2.27 bits per heavy atom. The van der Waals surface area contributed by atoms with Gasteiger partial charge in [0.25, 0.3) is 0 Å². The molecule has 0 aliphatic rings. The van der Waals surface area contributed by atoms with Gasteiger partial charge in [-0.2, -0.15) is 0 Å². The molecule has 0 N–H and O–H groups in total. The van der Waals surface area contributed by atoms with Crippen LogP contribution < -0.4 is 0 Å². The summed E-state index contributed by atoms with van der Waals surface area (Å²) in [6.07, 6.45) is 0.777. The highest BCUT2D eigenvalue weighted by molar-refractivity contribution is 5.79. The Morgan fingerprint density at radius 3 is 2.73 bits per heavy atom. The standard InChI is InChI=1S/C7H10N2O2/c1-3-6(10)4-7-9-8-5(2)11-7/h3-4H2,1-2H3. The van der Waals surface area contributed by atoms with Crippen LogP contribution >= 0.6 is 0 Å². The highest BCUT2D eigenvalue weighted by Gasteiger charge is 2.06. The lowest BCUT2D eigenvalue weighted by Crippen LogP contribution is -2.00. The van der Waals surface area contributed by atoms with Crippen LogP contribution in [-0.4, -0.2) is 16.0 Å². The number of carbonyl (C=O) groups excluding carboxylic acids is 1. The van der Waals surface area contributed by atoms with Crippen molar-refractivity contribution in [2.24, 2.45) is 0 Å². The van der Waals surface area contributed by atoms with E-state index in [1.165, 1.54) is 0 Å². The molecular weight excluding hydrogens is 144 g/mol. The number of Topliss-reactive ketones (excluding diaryl/α,β-unsaturated/α-hetero) is 1. The largest absolute Gasteiger partial charge is 0.425 e. The van der Waals surface area contributed by atoms with Crippen LogP contribution in [0.15, 0.2) is 4.42 Å². The van der Waals surface area contributed by atoms with Crippen molar-refractivity contribution in [3.63, 3.8) is 0 Å². The number of aromatic nitrogens is 2. The van der Waals surface area contributed by atoms with Gasteiger partial charge in [-0.15, -0.1) is 10.2 Å². The van der Waals surface area contributed by atoms with Gasteiger partial charge in [-0.3, -0.25) is 4.79 Å². The Kier molecular flexibility index (Phi) is 2.36. The van der Waals surface area contributed by atoms with Gasteiger partial charge in [-0.05, 0) is 0 Å². The second-order valence-corrected chi connectivity index (χ2v) is 2.28. The van der Waals surface area contributed by atoms with Crippen molar-refractivity contribution in [1.82, 2.24) is 10.2 Å². The molecule has 1 aromatic heterocycles. The predicted molar refractivity (Wildman–Crippen MR) is 38.0 cm³/mol. The average molecular weight is 154 g/mol. The molecule has 0 unspecified atom stereocenters. The highest BCUT2D eigenvalue weighted by Crippen LogP contribution is 2.00. The number of hydrogen-bond donors (Lipinski definition) is 0. The van der Waals surface area contributed by atoms with Crippen LogP contribution in [0.3, 0.4) is 0 Å². The summed E-state index contributed by atoms with van der Waals surface area (Å²) in [4.78, 5) is 10.9. The summed E-state index contributed by atoms with van der Waals surface area (Å²) in [6.45, 7) is 3.51. The molecule has 1 aromatic rings. The van der Waals surface area contributed by atoms with Crippen LogP contribution in [0.4, 0.5) is 0 Å². The van der Waals surface area contributed by atoms with Crippen molar-refractivity contribution >= 4 is 5.78 Å². The summed E-state index contributed by atoms with van der Waals surface area (Å²) >= 11 is 0. The Labute approximate surface area is 64.6 Å². The smallest absolute Gasteiger partial charge is 0.223 e. The summed E-state index contributed by atoms with van der Waals surface area (Å²) in [5.41, 5.74) is 0. The van der Waals surface area contributed by atoms with Crippen LogP contribution in [0.5, 0.6) is 0 Å². The lowest BCUT2D eigenvalue weighted by molar-refractivity contribution is -0.118. The van der Waals surface area contributed by atoms with Crippen molar-refractivity contribution in [3.05, 3.63) is 11.8 Å². The summed E-state index contributed by atoms with van der Waals surface area (Å²) in [5, 5.41) is 7.30. The first kappa shape index (κ1) is 7.91. The third kappa shape index (κ3) is 2.14. The fourth-order valence-corrected chi connectivity index (χ4v) is 0.703. The minimum absolute atomic E-state index is 0.119. The maximum absolute atomic E-state index is 10.9. The molecule has 1 heterocycles. The second kappa shape index (κ2) is 3.27. The first-order valence-electron chi connectivity index (χ1n) is 3.53. The fourth-order valence-electron chi connectivity index (χ4n) is 0.703. The van der Waals surface area contributed by atoms with Crippen LogP contribution in [-0.2, 0) is 11.2 Å². The van der Waals surface area contributed by atoms with E-state index in [4.69, 9.17) is 4.42 Å². The molecule has 0 atom stereocenters. The zero-order valence-electron chi connectivity index (χ0n) is 6.63. The maximum atomic E-state index is 10.9. The minimum Gasteiger partial charge on any atom is -0.425 e. The molecule has 0 amide bonds. The van der Waals surface area contributed by atoms with E-state index in [1.807, 2.05) is 6.92 Å². The first-order chi connectivity index (χ1) is 5.22. The number of hydrogen-bond acceptors (Lipinski definition) is 4. The summed E-state index contributed by atoms with van der Waals surface area (Å²) in [5.74, 6) is 1.03. The Hall–Kier alpha value is -1.19. The van der Waals surface area contributed by atoms with E-state index in [-0.39, 0.29) is 12.2 Å². The highest BCUT2D eigenvalue weighted by atomic mass is 16.4. The molecule has 0 bridgehead atoms. The fraction of sp³-hybridized carbons (Fsp3) is 0.571. The number of ketones is 1. The van der Waals surface area contributed by atoms with Gasteiger partial charge >= 0.3 is 0 Å². The van der Waals surface area contributed by atoms with Crippen LogP contribution in [0, 0.1) is 6.92 Å². The lowest BCUT2D eigenvalue weighted by atomic mass is 10.2.